The number of amides is 1. The van der Waals surface area contributed by atoms with Gasteiger partial charge in [0.15, 0.2) is 0 Å². The minimum Gasteiger partial charge on any atom is -0.321 e. The predicted octanol–water partition coefficient (Wildman–Crippen LogP) is 1.97. The van der Waals surface area contributed by atoms with Gasteiger partial charge in [0.2, 0.25) is 0 Å². The van der Waals surface area contributed by atoms with Crippen LogP contribution in [-0.2, 0) is 6.42 Å². The van der Waals surface area contributed by atoms with Crippen LogP contribution in [0.3, 0.4) is 0 Å². The number of rotatable bonds is 3. The first-order valence-corrected chi connectivity index (χ1v) is 7.35. The lowest BCUT2D eigenvalue weighted by molar-refractivity contribution is 0.102. The summed E-state index contributed by atoms with van der Waals surface area (Å²) in [6, 6.07) is 5.66. The second-order valence-electron chi connectivity index (χ2n) is 4.39. The highest BCUT2D eigenvalue weighted by Crippen LogP contribution is 2.19. The van der Waals surface area contributed by atoms with Crippen LogP contribution in [-0.4, -0.2) is 22.0 Å². The van der Waals surface area contributed by atoms with Gasteiger partial charge in [0.1, 0.15) is 4.88 Å². The van der Waals surface area contributed by atoms with Gasteiger partial charge in [0, 0.05) is 11.3 Å². The highest BCUT2D eigenvalue weighted by Gasteiger charge is 2.15. The van der Waals surface area contributed by atoms with Crippen molar-refractivity contribution in [2.75, 3.05) is 11.9 Å². The van der Waals surface area contributed by atoms with E-state index < -0.39 is 0 Å². The van der Waals surface area contributed by atoms with Crippen LogP contribution in [0.25, 0.3) is 0 Å². The average Bonchev–Trinajstić information content (AvgIpc) is 2.96. The van der Waals surface area contributed by atoms with Crippen LogP contribution in [0.4, 0.5) is 5.69 Å². The zero-order chi connectivity index (χ0) is 15.2. The molecule has 21 heavy (non-hydrogen) atoms. The summed E-state index contributed by atoms with van der Waals surface area (Å²) in [4.78, 5) is 12.8. The van der Waals surface area contributed by atoms with Crippen LogP contribution in [0.2, 0.25) is 0 Å². The largest absolute Gasteiger partial charge is 0.321 e. The Morgan fingerprint density at radius 2 is 2.29 bits per heavy atom. The molecule has 0 aliphatic carbocycles. The van der Waals surface area contributed by atoms with Crippen LogP contribution >= 0.6 is 11.5 Å². The van der Waals surface area contributed by atoms with Gasteiger partial charge in [-0.05, 0) is 42.6 Å². The quantitative estimate of drug-likeness (QED) is 0.849. The topological polar surface area (TPSA) is 80.9 Å². The standard InChI is InChI=1S/C15H16N4OS/c1-3-12-14(21-19-18-12)15(20)17-13-9-11(5-4-8-16)7-6-10(13)2/h6-7,9H,3,8,16H2,1-2H3,(H,17,20). The molecule has 0 saturated heterocycles. The number of hydrogen-bond acceptors (Lipinski definition) is 5. The van der Waals surface area contributed by atoms with Gasteiger partial charge in [-0.3, -0.25) is 4.79 Å². The Labute approximate surface area is 127 Å². The van der Waals surface area contributed by atoms with Crippen LogP contribution in [0.1, 0.15) is 33.4 Å². The molecule has 0 aliphatic heterocycles. The maximum absolute atomic E-state index is 12.3. The normalized spacial score (nSPS) is 9.86. The summed E-state index contributed by atoms with van der Waals surface area (Å²) in [5, 5.41) is 6.85. The molecule has 1 aromatic carbocycles. The molecule has 0 aliphatic rings. The Kier molecular flexibility index (Phi) is 5.04. The van der Waals surface area contributed by atoms with E-state index in [0.29, 0.717) is 23.5 Å². The number of aryl methyl sites for hydroxylation is 2. The lowest BCUT2D eigenvalue weighted by Crippen LogP contribution is -2.13. The number of aromatic nitrogens is 2. The van der Waals surface area contributed by atoms with Crippen molar-refractivity contribution in [3.05, 3.63) is 39.9 Å². The van der Waals surface area contributed by atoms with Crippen molar-refractivity contribution in [2.45, 2.75) is 20.3 Å². The third-order valence-electron chi connectivity index (χ3n) is 2.92. The number of benzene rings is 1. The van der Waals surface area contributed by atoms with Gasteiger partial charge in [-0.25, -0.2) is 0 Å². The number of carbonyl (C=O) groups excluding carboxylic acids is 1. The van der Waals surface area contributed by atoms with Crippen LogP contribution in [0.5, 0.6) is 0 Å². The fourth-order valence-corrected chi connectivity index (χ4v) is 2.42. The second kappa shape index (κ2) is 6.97. The summed E-state index contributed by atoms with van der Waals surface area (Å²) < 4.78 is 3.83. The zero-order valence-corrected chi connectivity index (χ0v) is 12.8. The fraction of sp³-hybridized carbons (Fsp3) is 0.267. The number of nitrogens with one attached hydrogen (secondary N) is 1. The third kappa shape index (κ3) is 3.66. The van der Waals surface area contributed by atoms with E-state index in [0.717, 1.165) is 28.3 Å². The molecule has 1 aromatic heterocycles. The number of nitrogens with zero attached hydrogens (tertiary/aromatic N) is 2. The first-order chi connectivity index (χ1) is 10.2. The van der Waals surface area contributed by atoms with Gasteiger partial charge in [0.05, 0.1) is 12.2 Å². The molecule has 0 unspecified atom stereocenters. The Balaban J connectivity index is 2.24. The third-order valence-corrected chi connectivity index (χ3v) is 3.68. The molecule has 0 bridgehead atoms. The van der Waals surface area contributed by atoms with Gasteiger partial charge in [-0.1, -0.05) is 29.3 Å². The minimum absolute atomic E-state index is 0.186. The molecular weight excluding hydrogens is 284 g/mol. The predicted molar refractivity (Wildman–Crippen MR) is 84.4 cm³/mol. The molecule has 108 valence electrons. The van der Waals surface area contributed by atoms with E-state index in [1.165, 1.54) is 0 Å². The summed E-state index contributed by atoms with van der Waals surface area (Å²) in [5.41, 5.74) is 8.61. The van der Waals surface area contributed by atoms with E-state index in [4.69, 9.17) is 5.73 Å². The van der Waals surface area contributed by atoms with Crippen molar-refractivity contribution in [1.29, 1.82) is 0 Å². The molecule has 5 nitrogen and oxygen atoms in total. The van der Waals surface area contributed by atoms with E-state index in [9.17, 15) is 4.79 Å². The lowest BCUT2D eigenvalue weighted by atomic mass is 10.1. The van der Waals surface area contributed by atoms with Crippen molar-refractivity contribution in [3.63, 3.8) is 0 Å². The number of anilines is 1. The molecule has 0 spiro atoms. The molecule has 6 heteroatoms. The van der Waals surface area contributed by atoms with E-state index in [-0.39, 0.29) is 5.91 Å². The number of nitrogens with two attached hydrogens (primary N) is 1. The van der Waals surface area contributed by atoms with Gasteiger partial charge in [-0.2, -0.15) is 0 Å². The zero-order valence-electron chi connectivity index (χ0n) is 11.9. The van der Waals surface area contributed by atoms with Crippen molar-refractivity contribution in [1.82, 2.24) is 9.59 Å². The summed E-state index contributed by atoms with van der Waals surface area (Å²) in [6.45, 7) is 4.19. The smallest absolute Gasteiger partial charge is 0.269 e. The SMILES string of the molecule is CCc1nnsc1C(=O)Nc1cc(C#CCN)ccc1C. The van der Waals surface area contributed by atoms with Crippen molar-refractivity contribution in [2.24, 2.45) is 5.73 Å². The summed E-state index contributed by atoms with van der Waals surface area (Å²) in [6.07, 6.45) is 0.681. The first-order valence-electron chi connectivity index (χ1n) is 6.57. The van der Waals surface area contributed by atoms with Gasteiger partial charge in [0.25, 0.3) is 5.91 Å². The molecule has 0 fully saturated rings. The summed E-state index contributed by atoms with van der Waals surface area (Å²) in [5.74, 6) is 5.57. The molecule has 0 saturated carbocycles. The van der Waals surface area contributed by atoms with E-state index in [1.807, 2.05) is 32.0 Å². The van der Waals surface area contributed by atoms with Crippen molar-refractivity contribution >= 4 is 23.1 Å². The summed E-state index contributed by atoms with van der Waals surface area (Å²) in [7, 11) is 0. The van der Waals surface area contributed by atoms with Crippen molar-refractivity contribution < 1.29 is 4.79 Å². The van der Waals surface area contributed by atoms with E-state index >= 15 is 0 Å². The van der Waals surface area contributed by atoms with Crippen LogP contribution in [0.15, 0.2) is 18.2 Å². The molecule has 3 N–H and O–H groups in total. The molecule has 1 amide bonds. The molecule has 1 heterocycles. The Morgan fingerprint density at radius 1 is 1.48 bits per heavy atom. The summed E-state index contributed by atoms with van der Waals surface area (Å²) >= 11 is 1.11. The second-order valence-corrected chi connectivity index (χ2v) is 5.15. The van der Waals surface area contributed by atoms with Gasteiger partial charge >= 0.3 is 0 Å². The van der Waals surface area contributed by atoms with Gasteiger partial charge in [-0.15, -0.1) is 5.10 Å². The maximum atomic E-state index is 12.3. The average molecular weight is 300 g/mol. The number of carbonyl (C=O) groups is 1. The first kappa shape index (κ1) is 15.2. The highest BCUT2D eigenvalue weighted by molar-refractivity contribution is 7.08. The Hall–Kier alpha value is -2.23. The highest BCUT2D eigenvalue weighted by atomic mass is 32.1. The van der Waals surface area contributed by atoms with Crippen molar-refractivity contribution in [3.8, 4) is 11.8 Å². The molecule has 0 atom stereocenters. The molecule has 0 radical (unpaired) electrons. The Morgan fingerprint density at radius 3 is 3.00 bits per heavy atom. The lowest BCUT2D eigenvalue weighted by Gasteiger charge is -2.08. The maximum Gasteiger partial charge on any atom is 0.269 e. The molecular formula is C15H16N4OS. The molecule has 2 aromatic rings. The van der Waals surface area contributed by atoms with Crippen LogP contribution in [0, 0.1) is 18.8 Å². The van der Waals surface area contributed by atoms with Crippen LogP contribution < -0.4 is 11.1 Å². The minimum atomic E-state index is -0.186. The number of hydrogen-bond donors (Lipinski definition) is 2. The molecule has 2 rings (SSSR count). The fourth-order valence-electron chi connectivity index (χ4n) is 1.78. The Bertz CT molecular complexity index is 712. The van der Waals surface area contributed by atoms with Gasteiger partial charge < -0.3 is 11.1 Å². The van der Waals surface area contributed by atoms with E-state index in [1.54, 1.807) is 0 Å². The van der Waals surface area contributed by atoms with E-state index in [2.05, 4.69) is 26.7 Å². The monoisotopic (exact) mass is 300 g/mol.